The standard InChI is InChI=1S/C14H14ClNOS/c1-18-14-8-3-2-6-13(14)17-12-7-4-5-11(15)10(12)9-16/h2-8H,9,16H2,1H3. The van der Waals surface area contributed by atoms with Crippen LogP contribution in [0.5, 0.6) is 11.5 Å². The minimum atomic E-state index is 0.358. The Bertz CT molecular complexity index is 545. The first-order valence-electron chi connectivity index (χ1n) is 5.54. The lowest BCUT2D eigenvalue weighted by atomic mass is 10.2. The van der Waals surface area contributed by atoms with Crippen molar-refractivity contribution in [3.05, 3.63) is 53.1 Å². The van der Waals surface area contributed by atoms with Crippen molar-refractivity contribution in [2.45, 2.75) is 11.4 Å². The van der Waals surface area contributed by atoms with Gasteiger partial charge in [-0.2, -0.15) is 0 Å². The van der Waals surface area contributed by atoms with Crippen LogP contribution < -0.4 is 10.5 Å². The lowest BCUT2D eigenvalue weighted by Crippen LogP contribution is -2.00. The molecule has 0 saturated carbocycles. The molecule has 0 bridgehead atoms. The smallest absolute Gasteiger partial charge is 0.140 e. The van der Waals surface area contributed by atoms with Crippen molar-refractivity contribution in [3.8, 4) is 11.5 Å². The molecule has 2 N–H and O–H groups in total. The van der Waals surface area contributed by atoms with Crippen LogP contribution >= 0.6 is 23.4 Å². The second kappa shape index (κ2) is 6.14. The van der Waals surface area contributed by atoms with Gasteiger partial charge in [0.15, 0.2) is 0 Å². The summed E-state index contributed by atoms with van der Waals surface area (Å²) < 4.78 is 5.92. The maximum Gasteiger partial charge on any atom is 0.140 e. The highest BCUT2D eigenvalue weighted by molar-refractivity contribution is 7.98. The van der Waals surface area contributed by atoms with Gasteiger partial charge in [0.25, 0.3) is 0 Å². The normalized spacial score (nSPS) is 10.4. The minimum Gasteiger partial charge on any atom is -0.456 e. The molecular weight excluding hydrogens is 266 g/mol. The zero-order valence-corrected chi connectivity index (χ0v) is 11.6. The van der Waals surface area contributed by atoms with E-state index in [9.17, 15) is 0 Å². The number of nitrogens with two attached hydrogens (primary N) is 1. The molecule has 18 heavy (non-hydrogen) atoms. The van der Waals surface area contributed by atoms with E-state index in [1.54, 1.807) is 11.8 Å². The van der Waals surface area contributed by atoms with Crippen LogP contribution in [0.1, 0.15) is 5.56 Å². The summed E-state index contributed by atoms with van der Waals surface area (Å²) in [6, 6.07) is 13.4. The third kappa shape index (κ3) is 2.80. The number of thioether (sulfide) groups is 1. The fourth-order valence-electron chi connectivity index (χ4n) is 1.65. The van der Waals surface area contributed by atoms with Gasteiger partial charge in [0, 0.05) is 22.0 Å². The van der Waals surface area contributed by atoms with Gasteiger partial charge in [-0.05, 0) is 30.5 Å². The van der Waals surface area contributed by atoms with Gasteiger partial charge >= 0.3 is 0 Å². The van der Waals surface area contributed by atoms with Gasteiger partial charge in [0.2, 0.25) is 0 Å². The second-order valence-corrected chi connectivity index (χ2v) is 4.93. The maximum atomic E-state index is 6.10. The number of rotatable bonds is 4. The molecule has 0 aliphatic carbocycles. The van der Waals surface area contributed by atoms with Gasteiger partial charge in [0.1, 0.15) is 11.5 Å². The van der Waals surface area contributed by atoms with Crippen LogP contribution in [0.2, 0.25) is 5.02 Å². The van der Waals surface area contributed by atoms with E-state index in [1.807, 2.05) is 48.7 Å². The van der Waals surface area contributed by atoms with E-state index in [0.29, 0.717) is 17.3 Å². The van der Waals surface area contributed by atoms with Gasteiger partial charge in [-0.25, -0.2) is 0 Å². The Morgan fingerprint density at radius 2 is 1.83 bits per heavy atom. The molecule has 0 amide bonds. The second-order valence-electron chi connectivity index (χ2n) is 3.67. The van der Waals surface area contributed by atoms with E-state index in [1.165, 1.54) is 0 Å². The van der Waals surface area contributed by atoms with Crippen molar-refractivity contribution in [1.29, 1.82) is 0 Å². The van der Waals surface area contributed by atoms with Crippen molar-refractivity contribution in [2.75, 3.05) is 6.26 Å². The summed E-state index contributed by atoms with van der Waals surface area (Å²) >= 11 is 7.75. The van der Waals surface area contributed by atoms with E-state index >= 15 is 0 Å². The van der Waals surface area contributed by atoms with Crippen molar-refractivity contribution in [3.63, 3.8) is 0 Å². The molecule has 0 aliphatic heterocycles. The first-order chi connectivity index (χ1) is 8.76. The van der Waals surface area contributed by atoms with Crippen LogP contribution in [-0.4, -0.2) is 6.26 Å². The number of halogens is 1. The Labute approximate surface area is 116 Å². The van der Waals surface area contributed by atoms with Gasteiger partial charge in [-0.15, -0.1) is 11.8 Å². The topological polar surface area (TPSA) is 35.2 Å². The zero-order valence-electron chi connectivity index (χ0n) is 10.0. The molecule has 2 rings (SSSR count). The highest BCUT2D eigenvalue weighted by atomic mass is 35.5. The predicted octanol–water partition coefficient (Wildman–Crippen LogP) is 4.31. The van der Waals surface area contributed by atoms with Crippen LogP contribution in [-0.2, 0) is 6.54 Å². The average Bonchev–Trinajstić information content (AvgIpc) is 2.40. The van der Waals surface area contributed by atoms with Crippen LogP contribution in [0.4, 0.5) is 0 Å². The Hall–Kier alpha value is -1.16. The molecule has 0 radical (unpaired) electrons. The molecule has 2 nitrogen and oxygen atoms in total. The molecular formula is C14H14ClNOS. The SMILES string of the molecule is CSc1ccccc1Oc1cccc(Cl)c1CN. The summed E-state index contributed by atoms with van der Waals surface area (Å²) in [6.45, 7) is 0.358. The molecule has 2 aromatic carbocycles. The monoisotopic (exact) mass is 279 g/mol. The molecule has 0 heterocycles. The van der Waals surface area contributed by atoms with Gasteiger partial charge < -0.3 is 10.5 Å². The third-order valence-electron chi connectivity index (χ3n) is 2.57. The quantitative estimate of drug-likeness (QED) is 0.847. The molecule has 0 fully saturated rings. The van der Waals surface area contributed by atoms with E-state index in [2.05, 4.69) is 0 Å². The highest BCUT2D eigenvalue weighted by Gasteiger charge is 2.09. The summed E-state index contributed by atoms with van der Waals surface area (Å²) in [4.78, 5) is 1.08. The van der Waals surface area contributed by atoms with E-state index in [-0.39, 0.29) is 0 Å². The molecule has 0 atom stereocenters. The molecule has 0 spiro atoms. The lowest BCUT2D eigenvalue weighted by Gasteiger charge is -2.13. The number of hydrogen-bond acceptors (Lipinski definition) is 3. The molecule has 0 saturated heterocycles. The zero-order chi connectivity index (χ0) is 13.0. The fraction of sp³-hybridized carbons (Fsp3) is 0.143. The molecule has 94 valence electrons. The third-order valence-corrected chi connectivity index (χ3v) is 3.70. The van der Waals surface area contributed by atoms with Gasteiger partial charge in [0.05, 0.1) is 0 Å². The molecule has 0 unspecified atom stereocenters. The van der Waals surface area contributed by atoms with Crippen molar-refractivity contribution >= 4 is 23.4 Å². The first-order valence-corrected chi connectivity index (χ1v) is 7.15. The summed E-state index contributed by atoms with van der Waals surface area (Å²) in [5.41, 5.74) is 6.53. The molecule has 0 aliphatic rings. The predicted molar refractivity (Wildman–Crippen MR) is 77.6 cm³/mol. The van der Waals surface area contributed by atoms with Gasteiger partial charge in [-0.3, -0.25) is 0 Å². The summed E-state index contributed by atoms with van der Waals surface area (Å²) in [5, 5.41) is 0.636. The van der Waals surface area contributed by atoms with E-state index in [0.717, 1.165) is 16.2 Å². The highest BCUT2D eigenvalue weighted by Crippen LogP contribution is 2.34. The van der Waals surface area contributed by atoms with Crippen LogP contribution in [0.25, 0.3) is 0 Å². The Morgan fingerprint density at radius 1 is 1.11 bits per heavy atom. The van der Waals surface area contributed by atoms with Crippen LogP contribution in [0.3, 0.4) is 0 Å². The minimum absolute atomic E-state index is 0.358. The number of benzene rings is 2. The van der Waals surface area contributed by atoms with Crippen molar-refractivity contribution in [1.82, 2.24) is 0 Å². The Morgan fingerprint density at radius 3 is 2.56 bits per heavy atom. The van der Waals surface area contributed by atoms with E-state index < -0.39 is 0 Å². The Kier molecular flexibility index (Phi) is 4.53. The summed E-state index contributed by atoms with van der Waals surface area (Å²) in [6.07, 6.45) is 2.02. The van der Waals surface area contributed by atoms with Crippen LogP contribution in [0, 0.1) is 0 Å². The largest absolute Gasteiger partial charge is 0.456 e. The Balaban J connectivity index is 2.37. The number of para-hydroxylation sites is 1. The van der Waals surface area contributed by atoms with Crippen molar-refractivity contribution < 1.29 is 4.74 Å². The lowest BCUT2D eigenvalue weighted by molar-refractivity contribution is 0.465. The van der Waals surface area contributed by atoms with E-state index in [4.69, 9.17) is 22.1 Å². The fourth-order valence-corrected chi connectivity index (χ4v) is 2.42. The summed E-state index contributed by atoms with van der Waals surface area (Å²) in [5.74, 6) is 1.54. The van der Waals surface area contributed by atoms with Crippen LogP contribution in [0.15, 0.2) is 47.4 Å². The molecule has 2 aromatic rings. The molecule has 4 heteroatoms. The average molecular weight is 280 g/mol. The summed E-state index contributed by atoms with van der Waals surface area (Å²) in [7, 11) is 0. The van der Waals surface area contributed by atoms with Gasteiger partial charge in [-0.1, -0.05) is 29.8 Å². The molecule has 0 aromatic heterocycles. The maximum absolute atomic E-state index is 6.10. The number of hydrogen-bond donors (Lipinski definition) is 1. The first kappa shape index (κ1) is 13.3. The van der Waals surface area contributed by atoms with Crippen molar-refractivity contribution in [2.24, 2.45) is 5.73 Å². The number of ether oxygens (including phenoxy) is 1.